The zero-order valence-electron chi connectivity index (χ0n) is 17.3. The summed E-state index contributed by atoms with van der Waals surface area (Å²) in [6.45, 7) is 2.44. The molecular formula is C23H26N2O5S. The molecule has 3 N–H and O–H groups in total. The lowest BCUT2D eigenvalue weighted by atomic mass is 9.82. The molecule has 0 unspecified atom stereocenters. The number of nitrogens with one attached hydrogen (secondary N) is 2. The van der Waals surface area contributed by atoms with Crippen LogP contribution in [0.25, 0.3) is 0 Å². The zero-order chi connectivity index (χ0) is 22.0. The maximum Gasteiger partial charge on any atom is 0.307 e. The summed E-state index contributed by atoms with van der Waals surface area (Å²) < 4.78 is 5.29. The van der Waals surface area contributed by atoms with Gasteiger partial charge in [-0.2, -0.15) is 0 Å². The van der Waals surface area contributed by atoms with Gasteiger partial charge in [0.05, 0.1) is 30.2 Å². The number of carbonyl (C=O) groups excluding carboxylic acids is 2. The third kappa shape index (κ3) is 4.58. The van der Waals surface area contributed by atoms with E-state index >= 15 is 0 Å². The first-order valence-electron chi connectivity index (χ1n) is 10.6. The fourth-order valence-electron chi connectivity index (χ4n) is 4.33. The predicted octanol–water partition coefficient (Wildman–Crippen LogP) is 4.00. The van der Waals surface area contributed by atoms with Gasteiger partial charge in [-0.1, -0.05) is 19.1 Å². The van der Waals surface area contributed by atoms with Gasteiger partial charge < -0.3 is 20.2 Å². The number of anilines is 1. The average Bonchev–Trinajstić information content (AvgIpc) is 3.39. The number of amides is 2. The number of allylic oxidation sites excluding steroid dienone is 2. The average molecular weight is 443 g/mol. The van der Waals surface area contributed by atoms with Gasteiger partial charge in [0, 0.05) is 4.88 Å². The van der Waals surface area contributed by atoms with Crippen LogP contribution in [-0.4, -0.2) is 22.9 Å². The summed E-state index contributed by atoms with van der Waals surface area (Å²) in [5.41, 5.74) is 1.50. The van der Waals surface area contributed by atoms with Crippen LogP contribution < -0.4 is 10.6 Å². The lowest BCUT2D eigenvalue weighted by Gasteiger charge is -2.24. The Morgan fingerprint density at radius 3 is 2.71 bits per heavy atom. The van der Waals surface area contributed by atoms with Crippen molar-refractivity contribution in [3.8, 4) is 0 Å². The molecule has 0 aliphatic heterocycles. The van der Waals surface area contributed by atoms with Crippen LogP contribution >= 0.6 is 11.3 Å². The molecule has 0 saturated heterocycles. The molecule has 2 amide bonds. The summed E-state index contributed by atoms with van der Waals surface area (Å²) >= 11 is 1.44. The number of fused-ring (bicyclic) bond motifs is 1. The van der Waals surface area contributed by atoms with Crippen molar-refractivity contribution in [1.82, 2.24) is 5.32 Å². The molecule has 3 atom stereocenters. The fourth-order valence-corrected chi connectivity index (χ4v) is 5.74. The van der Waals surface area contributed by atoms with Crippen LogP contribution in [0.1, 0.15) is 52.7 Å². The number of carboxylic acids is 1. The molecular weight excluding hydrogens is 416 g/mol. The van der Waals surface area contributed by atoms with E-state index in [0.717, 1.165) is 29.7 Å². The highest BCUT2D eigenvalue weighted by Gasteiger charge is 2.35. The Bertz CT molecular complexity index is 1010. The van der Waals surface area contributed by atoms with Crippen molar-refractivity contribution in [2.24, 2.45) is 17.8 Å². The van der Waals surface area contributed by atoms with Crippen LogP contribution in [0.15, 0.2) is 35.0 Å². The van der Waals surface area contributed by atoms with Crippen LogP contribution in [-0.2, 0) is 29.0 Å². The minimum Gasteiger partial charge on any atom is -0.481 e. The molecule has 2 heterocycles. The van der Waals surface area contributed by atoms with E-state index in [2.05, 4.69) is 17.6 Å². The van der Waals surface area contributed by atoms with Gasteiger partial charge in [-0.15, -0.1) is 11.3 Å². The summed E-state index contributed by atoms with van der Waals surface area (Å²) in [7, 11) is 0. The normalized spacial score (nSPS) is 22.5. The van der Waals surface area contributed by atoms with Crippen molar-refractivity contribution in [2.45, 2.75) is 45.6 Å². The lowest BCUT2D eigenvalue weighted by Crippen LogP contribution is -2.35. The van der Waals surface area contributed by atoms with Gasteiger partial charge in [0.25, 0.3) is 5.91 Å². The lowest BCUT2D eigenvalue weighted by molar-refractivity contribution is -0.146. The van der Waals surface area contributed by atoms with Gasteiger partial charge in [0.1, 0.15) is 10.8 Å². The number of carboxylic acid groups (broad SMARTS) is 1. The van der Waals surface area contributed by atoms with Crippen molar-refractivity contribution < 1.29 is 23.9 Å². The molecule has 0 aromatic carbocycles. The summed E-state index contributed by atoms with van der Waals surface area (Å²) in [5, 5.41) is 15.8. The van der Waals surface area contributed by atoms with E-state index in [-0.39, 0.29) is 18.4 Å². The van der Waals surface area contributed by atoms with Crippen LogP contribution in [0, 0.1) is 17.8 Å². The summed E-state index contributed by atoms with van der Waals surface area (Å²) in [4.78, 5) is 38.9. The second kappa shape index (κ2) is 9.09. The van der Waals surface area contributed by atoms with Crippen LogP contribution in [0.3, 0.4) is 0 Å². The molecule has 0 bridgehead atoms. The number of aliphatic carboxylic acids is 1. The number of rotatable bonds is 6. The van der Waals surface area contributed by atoms with E-state index in [1.54, 1.807) is 24.5 Å². The molecule has 164 valence electrons. The largest absolute Gasteiger partial charge is 0.481 e. The van der Waals surface area contributed by atoms with Gasteiger partial charge in [-0.05, 0) is 55.7 Å². The van der Waals surface area contributed by atoms with Gasteiger partial charge >= 0.3 is 5.97 Å². The first-order chi connectivity index (χ1) is 14.9. The summed E-state index contributed by atoms with van der Waals surface area (Å²) in [6, 6.07) is 3.55. The molecule has 0 radical (unpaired) electrons. The highest BCUT2D eigenvalue weighted by Crippen LogP contribution is 2.40. The molecule has 7 nitrogen and oxygen atoms in total. The number of thiophene rings is 1. The minimum atomic E-state index is -0.972. The molecule has 31 heavy (non-hydrogen) atoms. The molecule has 0 fully saturated rings. The van der Waals surface area contributed by atoms with Crippen molar-refractivity contribution in [3.05, 3.63) is 52.3 Å². The molecule has 4 rings (SSSR count). The Hall–Kier alpha value is -2.87. The molecule has 8 heteroatoms. The maximum absolute atomic E-state index is 13.1. The SMILES string of the molecule is C[C@@H]1CCc2c(sc(NC(=O)[C@@H]3CC=CC[C@H]3C(=O)O)c2C(=O)NCc2ccco2)C1. The van der Waals surface area contributed by atoms with Crippen molar-refractivity contribution in [3.63, 3.8) is 0 Å². The standard InChI is InChI=1S/C23H26N2O5S/c1-13-8-9-17-18(11-13)31-22(19(17)21(27)24-12-14-5-4-10-30-14)25-20(26)15-6-2-3-7-16(15)23(28)29/h2-5,10,13,15-16H,6-9,11-12H2,1H3,(H,24,27)(H,25,26)(H,28,29)/t13-,15-,16-/m1/s1. The third-order valence-electron chi connectivity index (χ3n) is 6.07. The maximum atomic E-state index is 13.1. The quantitative estimate of drug-likeness (QED) is 0.586. The van der Waals surface area contributed by atoms with E-state index < -0.39 is 17.8 Å². The van der Waals surface area contributed by atoms with Crippen LogP contribution in [0.5, 0.6) is 0 Å². The highest BCUT2D eigenvalue weighted by molar-refractivity contribution is 7.17. The Labute approximate surface area is 184 Å². The Morgan fingerprint density at radius 2 is 2.00 bits per heavy atom. The van der Waals surface area contributed by atoms with E-state index in [0.29, 0.717) is 35.1 Å². The van der Waals surface area contributed by atoms with Crippen molar-refractivity contribution >= 4 is 34.1 Å². The first-order valence-corrected chi connectivity index (χ1v) is 11.4. The second-order valence-electron chi connectivity index (χ2n) is 8.30. The number of furan rings is 1. The summed E-state index contributed by atoms with van der Waals surface area (Å²) in [6.07, 6.45) is 8.58. The van der Waals surface area contributed by atoms with Gasteiger partial charge in [-0.25, -0.2) is 0 Å². The molecule has 2 aromatic heterocycles. The zero-order valence-corrected chi connectivity index (χ0v) is 18.2. The minimum absolute atomic E-state index is 0.253. The fraction of sp³-hybridized carbons (Fsp3) is 0.435. The Kier molecular flexibility index (Phi) is 6.27. The smallest absolute Gasteiger partial charge is 0.307 e. The first kappa shape index (κ1) is 21.4. The van der Waals surface area contributed by atoms with Crippen LogP contribution in [0.4, 0.5) is 5.00 Å². The van der Waals surface area contributed by atoms with Gasteiger partial charge in [0.15, 0.2) is 0 Å². The van der Waals surface area contributed by atoms with E-state index in [9.17, 15) is 19.5 Å². The molecule has 2 aliphatic carbocycles. The number of hydrogen-bond acceptors (Lipinski definition) is 5. The van der Waals surface area contributed by atoms with Gasteiger partial charge in [-0.3, -0.25) is 14.4 Å². The molecule has 0 spiro atoms. The molecule has 0 saturated carbocycles. The monoisotopic (exact) mass is 442 g/mol. The molecule has 2 aromatic rings. The number of carbonyl (C=O) groups is 3. The third-order valence-corrected chi connectivity index (χ3v) is 7.23. The Morgan fingerprint density at radius 1 is 1.23 bits per heavy atom. The highest BCUT2D eigenvalue weighted by atomic mass is 32.1. The van der Waals surface area contributed by atoms with E-state index in [1.165, 1.54) is 11.3 Å². The van der Waals surface area contributed by atoms with Crippen molar-refractivity contribution in [1.29, 1.82) is 0 Å². The second-order valence-corrected chi connectivity index (χ2v) is 9.41. The predicted molar refractivity (Wildman–Crippen MR) is 117 cm³/mol. The topological polar surface area (TPSA) is 109 Å². The molecule has 2 aliphatic rings. The van der Waals surface area contributed by atoms with Crippen LogP contribution in [0.2, 0.25) is 0 Å². The summed E-state index contributed by atoms with van der Waals surface area (Å²) in [5.74, 6) is -1.81. The van der Waals surface area contributed by atoms with Crippen molar-refractivity contribution in [2.75, 3.05) is 5.32 Å². The van der Waals surface area contributed by atoms with E-state index in [1.807, 2.05) is 6.08 Å². The van der Waals surface area contributed by atoms with Gasteiger partial charge in [0.2, 0.25) is 5.91 Å². The van der Waals surface area contributed by atoms with E-state index in [4.69, 9.17) is 4.42 Å². The Balaban J connectivity index is 1.59. The number of hydrogen-bond donors (Lipinski definition) is 3.